The van der Waals surface area contributed by atoms with E-state index in [1.54, 1.807) is 32.4 Å². The van der Waals surface area contributed by atoms with E-state index in [9.17, 15) is 4.79 Å². The van der Waals surface area contributed by atoms with Gasteiger partial charge < -0.3 is 24.3 Å². The molecule has 0 bridgehead atoms. The second-order valence-electron chi connectivity index (χ2n) is 4.76. The molecule has 0 aliphatic carbocycles. The molecule has 2 aromatic carbocycles. The first-order valence-electron chi connectivity index (χ1n) is 6.58. The SMILES string of the molecule is COc1cc2c([nH]c3cc(C(=O)O)ccc32)c(OC)c1OC. The summed E-state index contributed by atoms with van der Waals surface area (Å²) in [5, 5.41) is 10.9. The number of methoxy groups -OCH3 is 3. The van der Waals surface area contributed by atoms with Gasteiger partial charge in [-0.15, -0.1) is 0 Å². The molecule has 0 unspecified atom stereocenters. The fourth-order valence-corrected chi connectivity index (χ4v) is 2.64. The standard InChI is InChI=1S/C16H15NO5/c1-20-12-7-10-9-5-4-8(16(18)19)6-11(9)17-13(10)15(22-3)14(12)21-2/h4-7,17H,1-3H3,(H,18,19). The van der Waals surface area contributed by atoms with Crippen LogP contribution in [-0.2, 0) is 0 Å². The van der Waals surface area contributed by atoms with E-state index in [0.29, 0.717) is 22.8 Å². The van der Waals surface area contributed by atoms with Crippen LogP contribution >= 0.6 is 0 Å². The Labute approximate surface area is 126 Å². The molecule has 2 N–H and O–H groups in total. The lowest BCUT2D eigenvalue weighted by Crippen LogP contribution is -1.95. The van der Waals surface area contributed by atoms with Gasteiger partial charge in [-0.25, -0.2) is 4.79 Å². The van der Waals surface area contributed by atoms with Gasteiger partial charge in [-0.3, -0.25) is 0 Å². The van der Waals surface area contributed by atoms with Crippen molar-refractivity contribution in [2.24, 2.45) is 0 Å². The van der Waals surface area contributed by atoms with Gasteiger partial charge in [-0.2, -0.15) is 0 Å². The van der Waals surface area contributed by atoms with Gasteiger partial charge in [0, 0.05) is 16.3 Å². The molecule has 0 saturated carbocycles. The molecule has 1 heterocycles. The predicted octanol–water partition coefficient (Wildman–Crippen LogP) is 3.05. The normalized spacial score (nSPS) is 10.9. The monoisotopic (exact) mass is 301 g/mol. The van der Waals surface area contributed by atoms with Crippen LogP contribution in [0.1, 0.15) is 10.4 Å². The van der Waals surface area contributed by atoms with E-state index >= 15 is 0 Å². The topological polar surface area (TPSA) is 80.8 Å². The maximum atomic E-state index is 11.1. The highest BCUT2D eigenvalue weighted by atomic mass is 16.5. The summed E-state index contributed by atoms with van der Waals surface area (Å²) < 4.78 is 16.2. The van der Waals surface area contributed by atoms with Crippen molar-refractivity contribution in [3.63, 3.8) is 0 Å². The Morgan fingerprint density at radius 1 is 1.00 bits per heavy atom. The number of hydrogen-bond acceptors (Lipinski definition) is 4. The molecule has 0 aliphatic heterocycles. The Morgan fingerprint density at radius 2 is 1.73 bits per heavy atom. The van der Waals surface area contributed by atoms with Gasteiger partial charge in [-0.1, -0.05) is 6.07 Å². The third kappa shape index (κ3) is 1.92. The van der Waals surface area contributed by atoms with Crippen molar-refractivity contribution in [3.05, 3.63) is 29.8 Å². The highest BCUT2D eigenvalue weighted by molar-refractivity contribution is 6.12. The van der Waals surface area contributed by atoms with Gasteiger partial charge in [-0.05, 0) is 18.2 Å². The number of carboxylic acid groups (broad SMARTS) is 1. The lowest BCUT2D eigenvalue weighted by molar-refractivity contribution is 0.0697. The molecular weight excluding hydrogens is 286 g/mol. The van der Waals surface area contributed by atoms with Crippen molar-refractivity contribution < 1.29 is 24.1 Å². The van der Waals surface area contributed by atoms with Gasteiger partial charge in [0.15, 0.2) is 11.5 Å². The van der Waals surface area contributed by atoms with Gasteiger partial charge in [0.2, 0.25) is 5.75 Å². The molecule has 1 aromatic heterocycles. The number of carbonyl (C=O) groups is 1. The Bertz CT molecular complexity index is 881. The summed E-state index contributed by atoms with van der Waals surface area (Å²) >= 11 is 0. The fourth-order valence-electron chi connectivity index (χ4n) is 2.64. The van der Waals surface area contributed by atoms with Crippen LogP contribution in [0.2, 0.25) is 0 Å². The van der Waals surface area contributed by atoms with Crippen molar-refractivity contribution in [1.82, 2.24) is 4.98 Å². The number of rotatable bonds is 4. The number of aromatic amines is 1. The van der Waals surface area contributed by atoms with E-state index in [2.05, 4.69) is 4.98 Å². The number of hydrogen-bond donors (Lipinski definition) is 2. The molecule has 0 radical (unpaired) electrons. The van der Waals surface area contributed by atoms with Crippen molar-refractivity contribution in [2.75, 3.05) is 21.3 Å². The number of nitrogens with one attached hydrogen (secondary N) is 1. The van der Waals surface area contributed by atoms with E-state index in [1.165, 1.54) is 7.11 Å². The number of aromatic nitrogens is 1. The highest BCUT2D eigenvalue weighted by Crippen LogP contribution is 2.45. The summed E-state index contributed by atoms with van der Waals surface area (Å²) in [6, 6.07) is 6.77. The zero-order valence-corrected chi connectivity index (χ0v) is 12.4. The average molecular weight is 301 g/mol. The van der Waals surface area contributed by atoms with Crippen LogP contribution in [0.5, 0.6) is 17.2 Å². The average Bonchev–Trinajstić information content (AvgIpc) is 2.89. The number of benzene rings is 2. The van der Waals surface area contributed by atoms with Gasteiger partial charge >= 0.3 is 5.97 Å². The van der Waals surface area contributed by atoms with Crippen LogP contribution in [0.3, 0.4) is 0 Å². The van der Waals surface area contributed by atoms with Crippen LogP contribution in [0.15, 0.2) is 24.3 Å². The summed E-state index contributed by atoms with van der Waals surface area (Å²) in [6.45, 7) is 0. The van der Waals surface area contributed by atoms with Gasteiger partial charge in [0.05, 0.1) is 32.4 Å². The third-order valence-electron chi connectivity index (χ3n) is 3.65. The molecule has 0 saturated heterocycles. The Balaban J connectivity index is 2.42. The molecule has 22 heavy (non-hydrogen) atoms. The molecule has 0 amide bonds. The van der Waals surface area contributed by atoms with E-state index < -0.39 is 5.97 Å². The Kier molecular flexibility index (Phi) is 3.29. The number of fused-ring (bicyclic) bond motifs is 3. The first kappa shape index (κ1) is 14.1. The number of ether oxygens (including phenoxy) is 3. The number of carboxylic acids is 1. The molecule has 0 aliphatic rings. The molecule has 3 rings (SSSR count). The number of H-pyrrole nitrogens is 1. The minimum absolute atomic E-state index is 0.219. The molecule has 0 atom stereocenters. The molecular formula is C16H15NO5. The maximum Gasteiger partial charge on any atom is 0.335 e. The molecule has 0 spiro atoms. The smallest absolute Gasteiger partial charge is 0.335 e. The fraction of sp³-hybridized carbons (Fsp3) is 0.188. The summed E-state index contributed by atoms with van der Waals surface area (Å²) in [4.78, 5) is 14.3. The van der Waals surface area contributed by atoms with Crippen LogP contribution < -0.4 is 14.2 Å². The van der Waals surface area contributed by atoms with Crippen molar-refractivity contribution >= 4 is 27.8 Å². The Morgan fingerprint density at radius 3 is 2.32 bits per heavy atom. The van der Waals surface area contributed by atoms with Crippen LogP contribution in [0, 0.1) is 0 Å². The van der Waals surface area contributed by atoms with Crippen molar-refractivity contribution in [1.29, 1.82) is 0 Å². The van der Waals surface area contributed by atoms with E-state index in [4.69, 9.17) is 19.3 Å². The van der Waals surface area contributed by atoms with E-state index in [0.717, 1.165) is 16.3 Å². The quantitative estimate of drug-likeness (QED) is 0.774. The Hall–Kier alpha value is -2.89. The van der Waals surface area contributed by atoms with E-state index in [1.807, 2.05) is 6.07 Å². The second kappa shape index (κ2) is 5.14. The predicted molar refractivity (Wildman–Crippen MR) is 82.4 cm³/mol. The molecule has 0 fully saturated rings. The van der Waals surface area contributed by atoms with Crippen LogP contribution in [-0.4, -0.2) is 37.4 Å². The van der Waals surface area contributed by atoms with Crippen molar-refractivity contribution in [3.8, 4) is 17.2 Å². The van der Waals surface area contributed by atoms with Gasteiger partial charge in [0.25, 0.3) is 0 Å². The summed E-state index contributed by atoms with van der Waals surface area (Å²) in [7, 11) is 4.64. The highest BCUT2D eigenvalue weighted by Gasteiger charge is 2.19. The molecule has 6 heteroatoms. The maximum absolute atomic E-state index is 11.1. The lowest BCUT2D eigenvalue weighted by atomic mass is 10.1. The van der Waals surface area contributed by atoms with E-state index in [-0.39, 0.29) is 5.56 Å². The third-order valence-corrected chi connectivity index (χ3v) is 3.65. The second-order valence-corrected chi connectivity index (χ2v) is 4.76. The first-order valence-corrected chi connectivity index (χ1v) is 6.58. The minimum atomic E-state index is -0.970. The zero-order chi connectivity index (χ0) is 15.9. The van der Waals surface area contributed by atoms with Crippen LogP contribution in [0.25, 0.3) is 21.8 Å². The van der Waals surface area contributed by atoms with Crippen molar-refractivity contribution in [2.45, 2.75) is 0 Å². The lowest BCUT2D eigenvalue weighted by Gasteiger charge is -2.12. The number of aromatic carboxylic acids is 1. The zero-order valence-electron chi connectivity index (χ0n) is 12.4. The minimum Gasteiger partial charge on any atom is -0.493 e. The summed E-state index contributed by atoms with van der Waals surface area (Å²) in [6.07, 6.45) is 0. The first-order chi connectivity index (χ1) is 10.6. The van der Waals surface area contributed by atoms with Gasteiger partial charge in [0.1, 0.15) is 0 Å². The van der Waals surface area contributed by atoms with Crippen LogP contribution in [0.4, 0.5) is 0 Å². The largest absolute Gasteiger partial charge is 0.493 e. The molecule has 6 nitrogen and oxygen atoms in total. The molecule has 3 aromatic rings. The summed E-state index contributed by atoms with van der Waals surface area (Å²) in [5.74, 6) is 0.588. The summed E-state index contributed by atoms with van der Waals surface area (Å²) in [5.41, 5.74) is 1.66. The molecule has 114 valence electrons.